The van der Waals surface area contributed by atoms with Crippen molar-refractivity contribution in [3.8, 4) is 0 Å². The van der Waals surface area contributed by atoms with E-state index in [0.717, 1.165) is 33.7 Å². The van der Waals surface area contributed by atoms with Gasteiger partial charge < -0.3 is 26.6 Å². The van der Waals surface area contributed by atoms with E-state index in [-0.39, 0.29) is 47.3 Å². The largest absolute Gasteiger partial charge is 0.326 e. The Morgan fingerprint density at radius 1 is 0.508 bits per heavy atom. The lowest BCUT2D eigenvalue weighted by Crippen LogP contribution is -2.42. The molecule has 0 heterocycles. The molecule has 0 saturated carbocycles. The molecule has 0 saturated heterocycles. The van der Waals surface area contributed by atoms with Crippen LogP contribution in [0.1, 0.15) is 150 Å². The van der Waals surface area contributed by atoms with Crippen LogP contribution in [0.3, 0.4) is 0 Å². The van der Waals surface area contributed by atoms with Crippen LogP contribution < -0.4 is 26.6 Å². The summed E-state index contributed by atoms with van der Waals surface area (Å²) in [4.78, 5) is 51.8. The van der Waals surface area contributed by atoms with Crippen LogP contribution in [0, 0.1) is 49.4 Å². The van der Waals surface area contributed by atoms with Crippen LogP contribution in [0.2, 0.25) is 0 Å². The van der Waals surface area contributed by atoms with Crippen molar-refractivity contribution >= 4 is 46.4 Å². The van der Waals surface area contributed by atoms with Crippen LogP contribution in [-0.4, -0.2) is 35.7 Å². The average Bonchev–Trinajstić information content (AvgIpc) is 3.22. The van der Waals surface area contributed by atoms with E-state index in [0.29, 0.717) is 46.7 Å². The van der Waals surface area contributed by atoms with Crippen molar-refractivity contribution < 1.29 is 19.2 Å². The Balaban J connectivity index is 0.000000492. The van der Waals surface area contributed by atoms with Crippen molar-refractivity contribution in [1.29, 1.82) is 0 Å². The Kier molecular flexibility index (Phi) is 20.2. The number of benzene rings is 4. The molecule has 4 aromatic carbocycles. The summed E-state index contributed by atoms with van der Waals surface area (Å²) in [5.41, 5.74) is 7.16. The maximum Gasteiger partial charge on any atom is 0.226 e. The first-order valence-electron chi connectivity index (χ1n) is 23.8. The lowest BCUT2D eigenvalue weighted by molar-refractivity contribution is -0.119. The highest BCUT2D eigenvalue weighted by molar-refractivity contribution is 5.98. The molecule has 4 aromatic rings. The highest BCUT2D eigenvalue weighted by atomic mass is 16.2. The molecule has 0 aliphatic heterocycles. The fraction of sp³-hybridized carbons (Fsp3) is 0.500. The summed E-state index contributed by atoms with van der Waals surface area (Å²) in [5.74, 6) is 0.359. The van der Waals surface area contributed by atoms with E-state index < -0.39 is 5.41 Å². The lowest BCUT2D eigenvalue weighted by Gasteiger charge is -2.36. The van der Waals surface area contributed by atoms with Crippen LogP contribution in [0.25, 0.3) is 0 Å². The van der Waals surface area contributed by atoms with Crippen molar-refractivity contribution in [2.24, 2.45) is 35.5 Å². The number of nitrogens with one attached hydrogen (secondary N) is 5. The molecule has 0 aliphatic carbocycles. The number of carbonyl (C=O) groups excluding carboxylic acids is 4. The summed E-state index contributed by atoms with van der Waals surface area (Å²) in [6.45, 7) is 34.4. The fourth-order valence-corrected chi connectivity index (χ4v) is 8.24. The molecular weight excluding hydrogens is 807 g/mol. The highest BCUT2D eigenvalue weighted by Gasteiger charge is 2.37. The van der Waals surface area contributed by atoms with E-state index in [1.807, 2.05) is 112 Å². The zero-order valence-corrected chi connectivity index (χ0v) is 42.6. The van der Waals surface area contributed by atoms with Gasteiger partial charge in [-0.15, -0.1) is 0 Å². The lowest BCUT2D eigenvalue weighted by atomic mass is 9.68. The molecule has 354 valence electrons. The normalized spacial score (nSPS) is 12.7. The number of hydrogen-bond acceptors (Lipinski definition) is 5. The van der Waals surface area contributed by atoms with Crippen LogP contribution in [0.15, 0.2) is 84.9 Å². The molecule has 4 rings (SSSR count). The first-order valence-corrected chi connectivity index (χ1v) is 23.8. The van der Waals surface area contributed by atoms with E-state index in [4.69, 9.17) is 0 Å². The molecule has 9 heteroatoms. The molecular formula is C56H81N5O4. The zero-order chi connectivity index (χ0) is 48.9. The minimum absolute atomic E-state index is 0.143. The molecule has 2 atom stereocenters. The van der Waals surface area contributed by atoms with Crippen molar-refractivity contribution in [3.05, 3.63) is 118 Å². The number of carbonyl (C=O) groups is 4. The van der Waals surface area contributed by atoms with Gasteiger partial charge in [0.2, 0.25) is 23.6 Å². The third-order valence-electron chi connectivity index (χ3n) is 12.0. The Morgan fingerprint density at radius 2 is 0.877 bits per heavy atom. The SMILES string of the molecule is CC(C)CC(NC(C)C)C(c1ccccc1)C(C)C.Cc1c(NC(=O)C(C)C)cc(NC(=O)C(C)C)cc1C(C)(c1ccccc1)c1cc(NC(=O)C(C)C)cc(NC(=O)C(C)C)c1C. The molecule has 9 nitrogen and oxygen atoms in total. The van der Waals surface area contributed by atoms with E-state index in [9.17, 15) is 19.2 Å². The predicted octanol–water partition coefficient (Wildman–Crippen LogP) is 12.9. The predicted molar refractivity (Wildman–Crippen MR) is 274 cm³/mol. The van der Waals surface area contributed by atoms with Crippen LogP contribution in [-0.2, 0) is 24.6 Å². The smallest absolute Gasteiger partial charge is 0.226 e. The van der Waals surface area contributed by atoms with E-state index in [1.54, 1.807) is 12.1 Å². The second kappa shape index (κ2) is 24.3. The molecule has 2 unspecified atom stereocenters. The Morgan fingerprint density at radius 3 is 1.22 bits per heavy atom. The Bertz CT molecular complexity index is 2080. The number of amides is 4. The molecule has 0 spiro atoms. The third-order valence-corrected chi connectivity index (χ3v) is 12.0. The fourth-order valence-electron chi connectivity index (χ4n) is 8.24. The van der Waals surface area contributed by atoms with E-state index in [2.05, 4.69) is 105 Å². The minimum Gasteiger partial charge on any atom is -0.326 e. The van der Waals surface area contributed by atoms with Crippen molar-refractivity contribution in [2.45, 2.75) is 148 Å². The first-order chi connectivity index (χ1) is 30.4. The van der Waals surface area contributed by atoms with Gasteiger partial charge in [-0.3, -0.25) is 19.2 Å². The third kappa shape index (κ3) is 14.9. The summed E-state index contributed by atoms with van der Waals surface area (Å²) < 4.78 is 0. The molecule has 0 bridgehead atoms. The number of anilines is 4. The summed E-state index contributed by atoms with van der Waals surface area (Å²) in [6, 6.07) is 29.5. The van der Waals surface area contributed by atoms with E-state index in [1.165, 1.54) is 12.0 Å². The maximum absolute atomic E-state index is 13.0. The maximum atomic E-state index is 13.0. The second-order valence-electron chi connectivity index (χ2n) is 20.2. The van der Waals surface area contributed by atoms with Gasteiger partial charge in [-0.25, -0.2) is 0 Å². The summed E-state index contributed by atoms with van der Waals surface area (Å²) in [6.07, 6.45) is 1.23. The van der Waals surface area contributed by atoms with Gasteiger partial charge in [0, 0.05) is 69.8 Å². The summed E-state index contributed by atoms with van der Waals surface area (Å²) in [5, 5.41) is 16.0. The van der Waals surface area contributed by atoms with Crippen molar-refractivity contribution in [2.75, 3.05) is 21.3 Å². The summed E-state index contributed by atoms with van der Waals surface area (Å²) in [7, 11) is 0. The molecule has 0 aliphatic rings. The van der Waals surface area contributed by atoms with Gasteiger partial charge >= 0.3 is 0 Å². The monoisotopic (exact) mass is 888 g/mol. The first kappa shape index (κ1) is 54.1. The van der Waals surface area contributed by atoms with Gasteiger partial charge in [0.05, 0.1) is 0 Å². The molecule has 0 fully saturated rings. The van der Waals surface area contributed by atoms with Gasteiger partial charge in [-0.2, -0.15) is 0 Å². The number of hydrogen-bond donors (Lipinski definition) is 5. The molecule has 5 N–H and O–H groups in total. The van der Waals surface area contributed by atoms with E-state index >= 15 is 0 Å². The van der Waals surface area contributed by atoms with Crippen molar-refractivity contribution in [3.63, 3.8) is 0 Å². The van der Waals surface area contributed by atoms with Crippen LogP contribution >= 0.6 is 0 Å². The molecule has 65 heavy (non-hydrogen) atoms. The topological polar surface area (TPSA) is 128 Å². The highest BCUT2D eigenvalue weighted by Crippen LogP contribution is 2.47. The molecule has 4 amide bonds. The quantitative estimate of drug-likeness (QED) is 0.0636. The second-order valence-corrected chi connectivity index (χ2v) is 20.2. The van der Waals surface area contributed by atoms with Crippen LogP contribution in [0.4, 0.5) is 22.7 Å². The summed E-state index contributed by atoms with van der Waals surface area (Å²) >= 11 is 0. The molecule has 0 aromatic heterocycles. The average molecular weight is 888 g/mol. The van der Waals surface area contributed by atoms with Gasteiger partial charge in [0.1, 0.15) is 0 Å². The number of rotatable bonds is 18. The standard InChI is InChI=1S/C38H50N4O4.C18H31N/c1-21(2)34(43)39-28-17-30(25(9)32(19-28)41-36(45)23(5)6)38(11,27-15-13-12-14-16-27)31-18-29(40-35(44)22(3)4)20-33(26(31)10)42-37(46)24(7)8;1-13(2)12-17(19-15(5)6)18(14(3)4)16-10-8-7-9-11-16/h12-24H,1-11H3,(H,39,43)(H,40,44)(H,41,45)(H,42,46);7-11,13-15,17-19H,12H2,1-6H3. The Labute approximate surface area is 392 Å². The van der Waals surface area contributed by atoms with Crippen LogP contribution in [0.5, 0.6) is 0 Å². The van der Waals surface area contributed by atoms with Gasteiger partial charge in [0.25, 0.3) is 0 Å². The Hall–Kier alpha value is -5.28. The van der Waals surface area contributed by atoms with Gasteiger partial charge in [0.15, 0.2) is 0 Å². The molecule has 0 radical (unpaired) electrons. The van der Waals surface area contributed by atoms with Gasteiger partial charge in [-0.1, -0.05) is 158 Å². The van der Waals surface area contributed by atoms with Gasteiger partial charge in [-0.05, 0) is 96.7 Å². The van der Waals surface area contributed by atoms with Crippen molar-refractivity contribution in [1.82, 2.24) is 5.32 Å². The minimum atomic E-state index is -0.874. The zero-order valence-electron chi connectivity index (χ0n) is 42.6.